The molecule has 2 aliphatic heterocycles. The third-order valence-electron chi connectivity index (χ3n) is 5.30. The minimum absolute atomic E-state index is 0.301. The third kappa shape index (κ3) is 2.21. The maximum atomic E-state index is 6.29. The van der Waals surface area contributed by atoms with E-state index in [9.17, 15) is 0 Å². The molecule has 0 saturated carbocycles. The molecule has 104 valence electrons. The fourth-order valence-corrected chi connectivity index (χ4v) is 4.25. The van der Waals surface area contributed by atoms with Gasteiger partial charge in [0.05, 0.1) is 26.0 Å². The molecular weight excluding hydrogens is 234 g/mol. The maximum Gasteiger partial charge on any atom is 0.106 e. The molecule has 4 unspecified atom stereocenters. The maximum absolute atomic E-state index is 6.29. The van der Waals surface area contributed by atoms with Crippen LogP contribution in [0.3, 0.4) is 0 Å². The van der Waals surface area contributed by atoms with E-state index in [1.165, 1.54) is 16.0 Å². The summed E-state index contributed by atoms with van der Waals surface area (Å²) in [4.78, 5) is 1.45. The van der Waals surface area contributed by atoms with Crippen LogP contribution < -0.4 is 4.90 Å². The SMILES string of the molecule is CC1=CC(C)[C@H]2COC(C3=CC=C[NH+](C)C3)[C@@H]1C2C. The van der Waals surface area contributed by atoms with Gasteiger partial charge < -0.3 is 9.64 Å². The summed E-state index contributed by atoms with van der Waals surface area (Å²) < 4.78 is 6.29. The average Bonchev–Trinajstić information content (AvgIpc) is 2.35. The quantitative estimate of drug-likeness (QED) is 0.710. The predicted molar refractivity (Wildman–Crippen MR) is 77.8 cm³/mol. The number of quaternary nitrogens is 1. The van der Waals surface area contributed by atoms with Gasteiger partial charge in [0.2, 0.25) is 0 Å². The Morgan fingerprint density at radius 3 is 2.84 bits per heavy atom. The van der Waals surface area contributed by atoms with Gasteiger partial charge in [-0.15, -0.1) is 0 Å². The van der Waals surface area contributed by atoms with Crippen LogP contribution in [0.4, 0.5) is 0 Å². The van der Waals surface area contributed by atoms with Crippen LogP contribution >= 0.6 is 0 Å². The molecule has 1 N–H and O–H groups in total. The summed E-state index contributed by atoms with van der Waals surface area (Å²) in [6.45, 7) is 9.06. The Morgan fingerprint density at radius 1 is 1.32 bits per heavy atom. The zero-order valence-electron chi connectivity index (χ0n) is 12.5. The van der Waals surface area contributed by atoms with Gasteiger partial charge in [-0.2, -0.15) is 0 Å². The molecule has 0 spiro atoms. The third-order valence-corrected chi connectivity index (χ3v) is 5.30. The summed E-state index contributed by atoms with van der Waals surface area (Å²) in [6.07, 6.45) is 9.45. The largest absolute Gasteiger partial charge is 0.373 e. The van der Waals surface area contributed by atoms with Gasteiger partial charge >= 0.3 is 0 Å². The smallest absolute Gasteiger partial charge is 0.106 e. The van der Waals surface area contributed by atoms with Crippen molar-refractivity contribution in [3.63, 3.8) is 0 Å². The van der Waals surface area contributed by atoms with Crippen LogP contribution in [0.25, 0.3) is 0 Å². The van der Waals surface area contributed by atoms with E-state index in [0.717, 1.165) is 19.1 Å². The Labute approximate surface area is 116 Å². The molecule has 0 aromatic carbocycles. The molecule has 19 heavy (non-hydrogen) atoms. The first-order valence-electron chi connectivity index (χ1n) is 7.57. The van der Waals surface area contributed by atoms with Crippen molar-refractivity contribution in [3.05, 3.63) is 35.6 Å². The molecule has 2 nitrogen and oxygen atoms in total. The van der Waals surface area contributed by atoms with Crippen molar-refractivity contribution in [1.29, 1.82) is 0 Å². The Hall–Kier alpha value is -0.860. The number of fused-ring (bicyclic) bond motifs is 2. The monoisotopic (exact) mass is 260 g/mol. The van der Waals surface area contributed by atoms with Crippen molar-refractivity contribution in [3.8, 4) is 0 Å². The van der Waals surface area contributed by atoms with E-state index in [4.69, 9.17) is 4.74 Å². The van der Waals surface area contributed by atoms with Gasteiger partial charge in [-0.05, 0) is 36.8 Å². The van der Waals surface area contributed by atoms with Crippen LogP contribution in [0.1, 0.15) is 20.8 Å². The lowest BCUT2D eigenvalue weighted by Gasteiger charge is -2.48. The number of hydrogen-bond donors (Lipinski definition) is 1. The van der Waals surface area contributed by atoms with Crippen molar-refractivity contribution >= 4 is 0 Å². The van der Waals surface area contributed by atoms with E-state index >= 15 is 0 Å². The second kappa shape index (κ2) is 4.92. The molecule has 1 aliphatic carbocycles. The minimum atomic E-state index is 0.301. The van der Waals surface area contributed by atoms with Crippen LogP contribution in [0, 0.1) is 23.7 Å². The number of ether oxygens (including phenoxy) is 1. The molecule has 2 heteroatoms. The van der Waals surface area contributed by atoms with E-state index in [1.807, 2.05) is 0 Å². The first kappa shape index (κ1) is 13.1. The molecule has 3 aliphatic rings. The van der Waals surface area contributed by atoms with Crippen LogP contribution in [-0.4, -0.2) is 26.3 Å². The molecule has 2 heterocycles. The summed E-state index contributed by atoms with van der Waals surface area (Å²) in [5, 5.41) is 0. The van der Waals surface area contributed by atoms with Gasteiger partial charge in [0.1, 0.15) is 6.54 Å². The lowest BCUT2D eigenvalue weighted by Crippen LogP contribution is -3.05. The summed E-state index contributed by atoms with van der Waals surface area (Å²) in [5.74, 6) is 2.70. The van der Waals surface area contributed by atoms with E-state index in [2.05, 4.69) is 52.2 Å². The molecule has 1 saturated heterocycles. The Balaban J connectivity index is 1.90. The highest BCUT2D eigenvalue weighted by molar-refractivity contribution is 5.27. The first-order valence-corrected chi connectivity index (χ1v) is 7.57. The summed E-state index contributed by atoms with van der Waals surface area (Å²) >= 11 is 0. The van der Waals surface area contributed by atoms with Gasteiger partial charge in [0, 0.05) is 11.5 Å². The Kier molecular flexibility index (Phi) is 3.40. The van der Waals surface area contributed by atoms with E-state index < -0.39 is 0 Å². The molecule has 0 amide bonds. The van der Waals surface area contributed by atoms with Gasteiger partial charge in [0.25, 0.3) is 0 Å². The van der Waals surface area contributed by atoms with E-state index in [-0.39, 0.29) is 0 Å². The van der Waals surface area contributed by atoms with Crippen LogP contribution in [0.15, 0.2) is 35.6 Å². The molecule has 2 bridgehead atoms. The normalized spacial score (nSPS) is 45.7. The second-order valence-corrected chi connectivity index (χ2v) is 6.70. The topological polar surface area (TPSA) is 13.7 Å². The second-order valence-electron chi connectivity index (χ2n) is 6.70. The molecule has 1 fully saturated rings. The van der Waals surface area contributed by atoms with Gasteiger partial charge in [0.15, 0.2) is 0 Å². The van der Waals surface area contributed by atoms with Crippen LogP contribution in [0.2, 0.25) is 0 Å². The van der Waals surface area contributed by atoms with Crippen LogP contribution in [0.5, 0.6) is 0 Å². The minimum Gasteiger partial charge on any atom is -0.373 e. The van der Waals surface area contributed by atoms with Gasteiger partial charge in [-0.3, -0.25) is 0 Å². The summed E-state index contributed by atoms with van der Waals surface area (Å²) in [5.41, 5.74) is 3.01. The number of rotatable bonds is 1. The predicted octanol–water partition coefficient (Wildman–Crippen LogP) is 1.82. The number of hydrogen-bond acceptors (Lipinski definition) is 1. The van der Waals surface area contributed by atoms with E-state index in [0.29, 0.717) is 23.9 Å². The van der Waals surface area contributed by atoms with Gasteiger partial charge in [-0.1, -0.05) is 25.5 Å². The molecule has 0 radical (unpaired) electrons. The Morgan fingerprint density at radius 2 is 2.11 bits per heavy atom. The molecular formula is C17H26NO+. The fourth-order valence-electron chi connectivity index (χ4n) is 4.25. The average molecular weight is 260 g/mol. The molecule has 3 rings (SSSR count). The standard InChI is InChI=1S/C17H25NO/c1-11-8-12(2)16-13(3)15(11)10-19-17(16)14-6-5-7-18(4)9-14/h5-8,11,13,15-17H,9-10H2,1-4H3/p+1/t11?,13?,15-,16+,17?/m1/s1. The van der Waals surface area contributed by atoms with Crippen molar-refractivity contribution < 1.29 is 9.64 Å². The van der Waals surface area contributed by atoms with E-state index in [1.54, 1.807) is 0 Å². The van der Waals surface area contributed by atoms with Crippen molar-refractivity contribution in [2.45, 2.75) is 26.9 Å². The lowest BCUT2D eigenvalue weighted by atomic mass is 9.64. The van der Waals surface area contributed by atoms with Crippen molar-refractivity contribution in [2.24, 2.45) is 23.7 Å². The number of nitrogens with one attached hydrogen (secondary N) is 1. The van der Waals surface area contributed by atoms with Gasteiger partial charge in [-0.25, -0.2) is 0 Å². The highest BCUT2D eigenvalue weighted by atomic mass is 16.5. The highest BCUT2D eigenvalue weighted by Crippen LogP contribution is 2.45. The summed E-state index contributed by atoms with van der Waals surface area (Å²) in [7, 11) is 2.21. The number of likely N-dealkylation sites (N-methyl/N-ethyl adjacent to an activating group) is 1. The molecule has 0 aromatic heterocycles. The fraction of sp³-hybridized carbons (Fsp3) is 0.647. The summed E-state index contributed by atoms with van der Waals surface area (Å²) in [6, 6.07) is 0. The zero-order chi connectivity index (χ0) is 13.6. The van der Waals surface area contributed by atoms with Crippen molar-refractivity contribution in [2.75, 3.05) is 20.2 Å². The Bertz CT molecular complexity index is 448. The first-order chi connectivity index (χ1) is 9.08. The molecule has 0 aromatic rings. The molecule has 6 atom stereocenters. The lowest BCUT2D eigenvalue weighted by molar-refractivity contribution is -0.820. The van der Waals surface area contributed by atoms with Crippen molar-refractivity contribution in [1.82, 2.24) is 0 Å². The zero-order valence-corrected chi connectivity index (χ0v) is 12.5. The number of allylic oxidation sites excluding steroid dienone is 3. The highest BCUT2D eigenvalue weighted by Gasteiger charge is 2.44. The van der Waals surface area contributed by atoms with Crippen LogP contribution in [-0.2, 0) is 4.74 Å².